The van der Waals surface area contributed by atoms with Crippen molar-refractivity contribution in [1.29, 1.82) is 0 Å². The van der Waals surface area contributed by atoms with Gasteiger partial charge in [0, 0.05) is 0 Å². The quantitative estimate of drug-likeness (QED) is 0.122. The molecular formula is C27H61NO4S. The summed E-state index contributed by atoms with van der Waals surface area (Å²) in [5.74, 6) is 0. The van der Waals surface area contributed by atoms with E-state index in [-0.39, 0.29) is 12.8 Å². The Labute approximate surface area is 208 Å². The van der Waals surface area contributed by atoms with Gasteiger partial charge in [0.05, 0.1) is 6.61 Å². The second-order valence-electron chi connectivity index (χ2n) is 10.6. The molecule has 0 amide bonds. The molecule has 0 bridgehead atoms. The second-order valence-corrected chi connectivity index (χ2v) is 11.7. The molecule has 0 saturated carbocycles. The van der Waals surface area contributed by atoms with Crippen molar-refractivity contribution < 1.29 is 17.2 Å². The molecule has 0 aliphatic heterocycles. The molecule has 4 N–H and O–H groups in total. The smallest absolute Gasteiger partial charge is 0.344 e. The van der Waals surface area contributed by atoms with Crippen molar-refractivity contribution >= 4 is 10.4 Å². The van der Waals surface area contributed by atoms with Crippen LogP contribution < -0.4 is 6.15 Å². The van der Waals surface area contributed by atoms with E-state index in [9.17, 15) is 8.42 Å². The monoisotopic (exact) mass is 495 g/mol. The molecule has 0 aromatic carbocycles. The fourth-order valence-electron chi connectivity index (χ4n) is 3.72. The van der Waals surface area contributed by atoms with Gasteiger partial charge in [0.25, 0.3) is 0 Å². The van der Waals surface area contributed by atoms with Crippen LogP contribution >= 0.6 is 0 Å². The molecule has 6 heteroatoms. The average molecular weight is 496 g/mol. The number of rotatable bonds is 21. The lowest BCUT2D eigenvalue weighted by Crippen LogP contribution is -2.04. The molecule has 0 aliphatic rings. The van der Waals surface area contributed by atoms with E-state index in [0.29, 0.717) is 11.8 Å². The van der Waals surface area contributed by atoms with Crippen molar-refractivity contribution in [3.8, 4) is 0 Å². The van der Waals surface area contributed by atoms with Crippen LogP contribution in [0.3, 0.4) is 0 Å². The maximum atomic E-state index is 10.2. The SMILES string of the molecule is CCCCCCCCCCCC(C)(C)C.CCCCCCCCCCCCOS(=O)(=O)O.N. The van der Waals surface area contributed by atoms with E-state index in [1.165, 1.54) is 109 Å². The topological polar surface area (TPSA) is 98.6 Å². The molecule has 0 rings (SSSR count). The van der Waals surface area contributed by atoms with Crippen molar-refractivity contribution in [2.24, 2.45) is 5.41 Å². The molecule has 0 aromatic rings. The highest BCUT2D eigenvalue weighted by atomic mass is 32.3. The normalized spacial score (nSPS) is 11.6. The van der Waals surface area contributed by atoms with E-state index in [4.69, 9.17) is 4.55 Å². The van der Waals surface area contributed by atoms with E-state index in [1.807, 2.05) is 0 Å². The predicted molar refractivity (Wildman–Crippen MR) is 146 cm³/mol. The molecule has 5 nitrogen and oxygen atoms in total. The van der Waals surface area contributed by atoms with E-state index >= 15 is 0 Å². The van der Waals surface area contributed by atoms with Gasteiger partial charge in [-0.25, -0.2) is 4.18 Å². The zero-order valence-electron chi connectivity index (χ0n) is 23.1. The Balaban J connectivity index is -0.000000533. The highest BCUT2D eigenvalue weighted by molar-refractivity contribution is 7.80. The van der Waals surface area contributed by atoms with Crippen LogP contribution in [0.4, 0.5) is 0 Å². The molecule has 204 valence electrons. The third-order valence-electron chi connectivity index (χ3n) is 5.76. The summed E-state index contributed by atoms with van der Waals surface area (Å²) in [6.07, 6.45) is 26.2. The molecule has 0 radical (unpaired) electrons. The Hall–Kier alpha value is -0.170. The van der Waals surface area contributed by atoms with Gasteiger partial charge in [0.15, 0.2) is 0 Å². The highest BCUT2D eigenvalue weighted by Gasteiger charge is 2.08. The number of hydrogen-bond donors (Lipinski definition) is 2. The number of hydrogen-bond acceptors (Lipinski definition) is 4. The number of unbranched alkanes of at least 4 members (excludes halogenated alkanes) is 17. The second kappa shape index (κ2) is 26.4. The van der Waals surface area contributed by atoms with Crippen LogP contribution in [0.2, 0.25) is 0 Å². The molecule has 0 heterocycles. The molecule has 0 atom stereocenters. The Morgan fingerprint density at radius 1 is 0.576 bits per heavy atom. The summed E-state index contributed by atoms with van der Waals surface area (Å²) in [7, 11) is -4.23. The van der Waals surface area contributed by atoms with Gasteiger partial charge < -0.3 is 6.15 Å². The van der Waals surface area contributed by atoms with Gasteiger partial charge in [0.1, 0.15) is 0 Å². The van der Waals surface area contributed by atoms with Crippen molar-refractivity contribution in [2.75, 3.05) is 6.61 Å². The van der Waals surface area contributed by atoms with Gasteiger partial charge in [0.2, 0.25) is 0 Å². The van der Waals surface area contributed by atoms with Crippen LogP contribution in [0.25, 0.3) is 0 Å². The van der Waals surface area contributed by atoms with Gasteiger partial charge >= 0.3 is 10.4 Å². The highest BCUT2D eigenvalue weighted by Crippen LogP contribution is 2.22. The fourth-order valence-corrected chi connectivity index (χ4v) is 4.05. The molecule has 0 unspecified atom stereocenters. The van der Waals surface area contributed by atoms with Crippen LogP contribution in [-0.4, -0.2) is 19.6 Å². The first-order valence-corrected chi connectivity index (χ1v) is 15.1. The van der Waals surface area contributed by atoms with Crippen molar-refractivity contribution in [3.05, 3.63) is 0 Å². The van der Waals surface area contributed by atoms with E-state index in [1.54, 1.807) is 0 Å². The van der Waals surface area contributed by atoms with E-state index in [0.717, 1.165) is 12.8 Å². The van der Waals surface area contributed by atoms with Crippen molar-refractivity contribution in [3.63, 3.8) is 0 Å². The third-order valence-corrected chi connectivity index (χ3v) is 6.23. The third kappa shape index (κ3) is 42.5. The predicted octanol–water partition coefficient (Wildman–Crippen LogP) is 9.84. The Kier molecular flexibility index (Phi) is 29.9. The lowest BCUT2D eigenvalue weighted by Gasteiger charge is -2.17. The summed E-state index contributed by atoms with van der Waals surface area (Å²) in [4.78, 5) is 0. The molecular weight excluding hydrogens is 434 g/mol. The van der Waals surface area contributed by atoms with Gasteiger partial charge in [-0.3, -0.25) is 4.55 Å². The maximum Gasteiger partial charge on any atom is 0.397 e. The lowest BCUT2D eigenvalue weighted by molar-refractivity contribution is 0.261. The fraction of sp³-hybridized carbons (Fsp3) is 1.00. The first-order chi connectivity index (χ1) is 15.1. The van der Waals surface area contributed by atoms with Crippen LogP contribution in [0, 0.1) is 5.41 Å². The Morgan fingerprint density at radius 3 is 1.18 bits per heavy atom. The van der Waals surface area contributed by atoms with Crippen LogP contribution in [0.1, 0.15) is 163 Å². The first kappa shape index (κ1) is 37.4. The van der Waals surface area contributed by atoms with Gasteiger partial charge in [-0.05, 0) is 18.3 Å². The summed E-state index contributed by atoms with van der Waals surface area (Å²) in [6.45, 7) is 11.6. The standard InChI is InChI=1S/C15H32.C12H26O4S.H3N/c1-5-6-7-8-9-10-11-12-13-14-15(2,3)4;1-2-3-4-5-6-7-8-9-10-11-12-16-17(13,14)15;/h5-14H2,1-4H3;2-12H2,1H3,(H,13,14,15);1H3. The summed E-state index contributed by atoms with van der Waals surface area (Å²) in [5.41, 5.74) is 0.543. The molecule has 0 aromatic heterocycles. The molecule has 0 aliphatic carbocycles. The summed E-state index contributed by atoms with van der Waals surface area (Å²) < 4.78 is 33.0. The average Bonchev–Trinajstić information content (AvgIpc) is 2.70. The summed E-state index contributed by atoms with van der Waals surface area (Å²) in [5, 5.41) is 0. The Bertz CT molecular complexity index is 461. The zero-order valence-corrected chi connectivity index (χ0v) is 24.0. The molecule has 0 saturated heterocycles. The van der Waals surface area contributed by atoms with E-state index in [2.05, 4.69) is 38.8 Å². The summed E-state index contributed by atoms with van der Waals surface area (Å²) in [6, 6.07) is 0. The summed E-state index contributed by atoms with van der Waals surface area (Å²) >= 11 is 0. The van der Waals surface area contributed by atoms with Gasteiger partial charge in [-0.1, -0.05) is 150 Å². The zero-order chi connectivity index (χ0) is 24.6. The van der Waals surface area contributed by atoms with Crippen molar-refractivity contribution in [1.82, 2.24) is 6.15 Å². The maximum absolute atomic E-state index is 10.2. The largest absolute Gasteiger partial charge is 0.397 e. The minimum atomic E-state index is -4.23. The van der Waals surface area contributed by atoms with Crippen LogP contribution in [0.5, 0.6) is 0 Å². The van der Waals surface area contributed by atoms with Crippen LogP contribution in [-0.2, 0) is 14.6 Å². The molecule has 0 fully saturated rings. The van der Waals surface area contributed by atoms with Crippen molar-refractivity contribution in [2.45, 2.75) is 163 Å². The molecule has 0 spiro atoms. The lowest BCUT2D eigenvalue weighted by atomic mass is 9.89. The van der Waals surface area contributed by atoms with Gasteiger partial charge in [-0.15, -0.1) is 0 Å². The molecule has 33 heavy (non-hydrogen) atoms. The van der Waals surface area contributed by atoms with Gasteiger partial charge in [-0.2, -0.15) is 8.42 Å². The van der Waals surface area contributed by atoms with E-state index < -0.39 is 10.4 Å². The van der Waals surface area contributed by atoms with Crippen LogP contribution in [0.15, 0.2) is 0 Å². The minimum Gasteiger partial charge on any atom is -0.344 e. The Morgan fingerprint density at radius 2 is 0.879 bits per heavy atom. The first-order valence-electron chi connectivity index (χ1n) is 13.7. The minimum absolute atomic E-state index is 0.